The van der Waals surface area contributed by atoms with Gasteiger partial charge in [0.25, 0.3) is 0 Å². The molecular formula is C10H15BrN2O2S. The van der Waals surface area contributed by atoms with Crippen molar-refractivity contribution in [3.8, 4) is 0 Å². The van der Waals surface area contributed by atoms with Crippen molar-refractivity contribution in [3.05, 3.63) is 20.8 Å². The molecule has 0 aromatic carbocycles. The van der Waals surface area contributed by atoms with Crippen LogP contribution in [-0.2, 0) is 11.3 Å². The fourth-order valence-corrected chi connectivity index (χ4v) is 2.32. The van der Waals surface area contributed by atoms with E-state index in [1.54, 1.807) is 18.3 Å². The van der Waals surface area contributed by atoms with Gasteiger partial charge in [-0.15, -0.1) is 11.3 Å². The summed E-state index contributed by atoms with van der Waals surface area (Å²) in [6.07, 6.45) is -0.359. The van der Waals surface area contributed by atoms with E-state index in [-0.39, 0.29) is 6.09 Å². The summed E-state index contributed by atoms with van der Waals surface area (Å²) in [5.74, 6) is 0. The van der Waals surface area contributed by atoms with Gasteiger partial charge < -0.3 is 15.4 Å². The zero-order valence-electron chi connectivity index (χ0n) is 9.09. The van der Waals surface area contributed by atoms with Gasteiger partial charge in [-0.1, -0.05) is 0 Å². The second-order valence-electron chi connectivity index (χ2n) is 3.08. The van der Waals surface area contributed by atoms with Crippen molar-refractivity contribution in [2.75, 3.05) is 19.7 Å². The Morgan fingerprint density at radius 1 is 1.56 bits per heavy atom. The zero-order valence-corrected chi connectivity index (χ0v) is 11.5. The van der Waals surface area contributed by atoms with Crippen LogP contribution in [0.25, 0.3) is 0 Å². The Hall–Kier alpha value is -0.590. The predicted molar refractivity (Wildman–Crippen MR) is 68.8 cm³/mol. The van der Waals surface area contributed by atoms with Gasteiger partial charge >= 0.3 is 6.09 Å². The van der Waals surface area contributed by atoms with E-state index < -0.39 is 0 Å². The Morgan fingerprint density at radius 3 is 3.00 bits per heavy atom. The summed E-state index contributed by atoms with van der Waals surface area (Å²) in [6.45, 7) is 4.30. The summed E-state index contributed by atoms with van der Waals surface area (Å²) in [5.41, 5.74) is 1.24. The summed E-state index contributed by atoms with van der Waals surface area (Å²) < 4.78 is 5.86. The SMILES string of the molecule is CCOC(=O)NCCNCc1csc(Br)c1. The van der Waals surface area contributed by atoms with Crippen LogP contribution < -0.4 is 10.6 Å². The van der Waals surface area contributed by atoms with Gasteiger partial charge in [0.05, 0.1) is 10.4 Å². The number of hydrogen-bond donors (Lipinski definition) is 2. The van der Waals surface area contributed by atoms with E-state index in [0.717, 1.165) is 16.9 Å². The van der Waals surface area contributed by atoms with Crippen molar-refractivity contribution in [3.63, 3.8) is 0 Å². The Balaban J connectivity index is 2.02. The molecule has 1 aromatic rings. The molecule has 0 aliphatic carbocycles. The minimum Gasteiger partial charge on any atom is -0.450 e. The first-order valence-corrected chi connectivity index (χ1v) is 6.74. The quantitative estimate of drug-likeness (QED) is 0.793. The maximum atomic E-state index is 10.9. The van der Waals surface area contributed by atoms with Gasteiger partial charge in [-0.2, -0.15) is 0 Å². The molecule has 6 heteroatoms. The number of halogens is 1. The van der Waals surface area contributed by atoms with Crippen LogP contribution >= 0.6 is 27.3 Å². The molecule has 0 fully saturated rings. The molecule has 16 heavy (non-hydrogen) atoms. The Bertz CT molecular complexity index is 330. The molecule has 0 radical (unpaired) electrons. The lowest BCUT2D eigenvalue weighted by molar-refractivity contribution is 0.152. The molecule has 0 saturated carbocycles. The summed E-state index contributed by atoms with van der Waals surface area (Å²) in [6, 6.07) is 2.08. The Kier molecular flexibility index (Phi) is 6.44. The van der Waals surface area contributed by atoms with Crippen molar-refractivity contribution in [1.29, 1.82) is 0 Å². The van der Waals surface area contributed by atoms with Gasteiger partial charge in [0.1, 0.15) is 0 Å². The highest BCUT2D eigenvalue weighted by Crippen LogP contribution is 2.20. The van der Waals surface area contributed by atoms with Gasteiger partial charge in [-0.25, -0.2) is 4.79 Å². The molecule has 0 spiro atoms. The van der Waals surface area contributed by atoms with Gasteiger partial charge in [-0.05, 0) is 39.9 Å². The van der Waals surface area contributed by atoms with E-state index in [0.29, 0.717) is 13.2 Å². The lowest BCUT2D eigenvalue weighted by Crippen LogP contribution is -2.31. The molecule has 0 saturated heterocycles. The highest BCUT2D eigenvalue weighted by molar-refractivity contribution is 9.11. The smallest absolute Gasteiger partial charge is 0.407 e. The zero-order chi connectivity index (χ0) is 11.8. The number of amides is 1. The van der Waals surface area contributed by atoms with E-state index in [1.807, 2.05) is 0 Å². The van der Waals surface area contributed by atoms with Crippen LogP contribution in [0.1, 0.15) is 12.5 Å². The molecular weight excluding hydrogens is 292 g/mol. The fourth-order valence-electron chi connectivity index (χ4n) is 1.11. The number of carbonyl (C=O) groups is 1. The highest BCUT2D eigenvalue weighted by Gasteiger charge is 1.99. The summed E-state index contributed by atoms with van der Waals surface area (Å²) in [7, 11) is 0. The van der Waals surface area contributed by atoms with Crippen LogP contribution in [-0.4, -0.2) is 25.8 Å². The summed E-state index contributed by atoms with van der Waals surface area (Å²) >= 11 is 5.07. The molecule has 4 nitrogen and oxygen atoms in total. The van der Waals surface area contributed by atoms with E-state index in [2.05, 4.69) is 38.0 Å². The molecule has 2 N–H and O–H groups in total. The molecule has 0 atom stereocenters. The highest BCUT2D eigenvalue weighted by atomic mass is 79.9. The second-order valence-corrected chi connectivity index (χ2v) is 5.37. The summed E-state index contributed by atoms with van der Waals surface area (Å²) in [4.78, 5) is 10.9. The Labute approximate surface area is 108 Å². The van der Waals surface area contributed by atoms with Gasteiger partial charge in [0, 0.05) is 19.6 Å². The Morgan fingerprint density at radius 2 is 2.38 bits per heavy atom. The summed E-state index contributed by atoms with van der Waals surface area (Å²) in [5, 5.41) is 7.97. The molecule has 1 aromatic heterocycles. The number of thiophene rings is 1. The molecule has 0 aliphatic heterocycles. The number of carbonyl (C=O) groups excluding carboxylic acids is 1. The number of alkyl carbamates (subject to hydrolysis) is 1. The normalized spacial score (nSPS) is 10.1. The average molecular weight is 307 g/mol. The average Bonchev–Trinajstić information content (AvgIpc) is 2.64. The predicted octanol–water partition coefficient (Wildman–Crippen LogP) is 2.35. The van der Waals surface area contributed by atoms with Crippen molar-refractivity contribution in [1.82, 2.24) is 10.6 Å². The van der Waals surface area contributed by atoms with Crippen LogP contribution in [0.4, 0.5) is 4.79 Å². The lowest BCUT2D eigenvalue weighted by atomic mass is 10.3. The van der Waals surface area contributed by atoms with Crippen molar-refractivity contribution in [2.24, 2.45) is 0 Å². The minimum atomic E-state index is -0.359. The van der Waals surface area contributed by atoms with Crippen LogP contribution in [0.15, 0.2) is 15.2 Å². The second kappa shape index (κ2) is 7.65. The van der Waals surface area contributed by atoms with E-state index in [1.165, 1.54) is 5.56 Å². The van der Waals surface area contributed by atoms with Crippen molar-refractivity contribution >= 4 is 33.4 Å². The first kappa shape index (κ1) is 13.5. The first-order chi connectivity index (χ1) is 7.72. The molecule has 0 unspecified atom stereocenters. The maximum Gasteiger partial charge on any atom is 0.407 e. The molecule has 1 amide bonds. The fraction of sp³-hybridized carbons (Fsp3) is 0.500. The topological polar surface area (TPSA) is 50.4 Å². The monoisotopic (exact) mass is 306 g/mol. The van der Waals surface area contributed by atoms with Gasteiger partial charge in [-0.3, -0.25) is 0 Å². The molecule has 1 heterocycles. The maximum absolute atomic E-state index is 10.9. The van der Waals surface area contributed by atoms with E-state index >= 15 is 0 Å². The number of rotatable bonds is 6. The minimum absolute atomic E-state index is 0.359. The van der Waals surface area contributed by atoms with Gasteiger partial charge in [0.15, 0.2) is 0 Å². The number of ether oxygens (including phenoxy) is 1. The van der Waals surface area contributed by atoms with Crippen LogP contribution in [0.2, 0.25) is 0 Å². The third-order valence-corrected chi connectivity index (χ3v) is 3.35. The van der Waals surface area contributed by atoms with Crippen molar-refractivity contribution < 1.29 is 9.53 Å². The third-order valence-electron chi connectivity index (χ3n) is 1.80. The van der Waals surface area contributed by atoms with E-state index in [4.69, 9.17) is 4.74 Å². The first-order valence-electron chi connectivity index (χ1n) is 5.06. The standard InChI is InChI=1S/C10H15BrN2O2S/c1-2-15-10(14)13-4-3-12-6-8-5-9(11)16-7-8/h5,7,12H,2-4,6H2,1H3,(H,13,14). The van der Waals surface area contributed by atoms with Crippen LogP contribution in [0.5, 0.6) is 0 Å². The number of hydrogen-bond acceptors (Lipinski definition) is 4. The van der Waals surface area contributed by atoms with Crippen LogP contribution in [0, 0.1) is 0 Å². The molecule has 0 aliphatic rings. The largest absolute Gasteiger partial charge is 0.450 e. The molecule has 0 bridgehead atoms. The van der Waals surface area contributed by atoms with E-state index in [9.17, 15) is 4.79 Å². The van der Waals surface area contributed by atoms with Crippen molar-refractivity contribution in [2.45, 2.75) is 13.5 Å². The number of nitrogens with one attached hydrogen (secondary N) is 2. The molecule has 90 valence electrons. The van der Waals surface area contributed by atoms with Crippen LogP contribution in [0.3, 0.4) is 0 Å². The third kappa shape index (κ3) is 5.48. The van der Waals surface area contributed by atoms with Gasteiger partial charge in [0.2, 0.25) is 0 Å². The molecule has 1 rings (SSSR count). The lowest BCUT2D eigenvalue weighted by Gasteiger charge is -2.05.